The zero-order valence-electron chi connectivity index (χ0n) is 13.8. The van der Waals surface area contributed by atoms with Crippen molar-refractivity contribution in [3.8, 4) is 0 Å². The van der Waals surface area contributed by atoms with Crippen molar-refractivity contribution in [2.75, 3.05) is 25.2 Å². The van der Waals surface area contributed by atoms with Crippen LogP contribution < -0.4 is 5.32 Å². The molecule has 0 atom stereocenters. The summed E-state index contributed by atoms with van der Waals surface area (Å²) in [5.74, 6) is -0.228. The third-order valence-corrected chi connectivity index (χ3v) is 4.35. The van der Waals surface area contributed by atoms with Gasteiger partial charge in [-0.1, -0.05) is 18.2 Å². The second-order valence-corrected chi connectivity index (χ2v) is 6.35. The number of anilines is 1. The maximum Gasteiger partial charge on any atom is 0.271 e. The van der Waals surface area contributed by atoms with Gasteiger partial charge in [0.05, 0.1) is 16.2 Å². The largest absolute Gasteiger partial charge is 0.348 e. The van der Waals surface area contributed by atoms with Crippen molar-refractivity contribution in [1.82, 2.24) is 4.90 Å². The number of nitrogens with one attached hydrogen (secondary N) is 1. The van der Waals surface area contributed by atoms with E-state index >= 15 is 0 Å². The van der Waals surface area contributed by atoms with E-state index in [9.17, 15) is 19.7 Å². The highest BCUT2D eigenvalue weighted by atomic mass is 32.2. The van der Waals surface area contributed by atoms with E-state index in [1.54, 1.807) is 44.4 Å². The SMILES string of the molecule is CN(C)C(=O)CSc1ccccc1C(=O)Nc1cccc([N+](=O)[O-])c1. The Kier molecular flexibility index (Phi) is 6.13. The summed E-state index contributed by atoms with van der Waals surface area (Å²) in [4.78, 5) is 36.7. The highest BCUT2D eigenvalue weighted by Gasteiger charge is 2.15. The molecule has 0 unspecified atom stereocenters. The lowest BCUT2D eigenvalue weighted by Gasteiger charge is -2.12. The number of benzene rings is 2. The van der Waals surface area contributed by atoms with E-state index < -0.39 is 4.92 Å². The first kappa shape index (κ1) is 18.5. The first-order valence-electron chi connectivity index (χ1n) is 7.36. The first-order valence-corrected chi connectivity index (χ1v) is 8.35. The van der Waals surface area contributed by atoms with Crippen molar-refractivity contribution < 1.29 is 14.5 Å². The van der Waals surface area contributed by atoms with Crippen LogP contribution in [0.15, 0.2) is 53.4 Å². The van der Waals surface area contributed by atoms with Gasteiger partial charge < -0.3 is 10.2 Å². The van der Waals surface area contributed by atoms with Gasteiger partial charge in [0, 0.05) is 36.8 Å². The Balaban J connectivity index is 2.15. The number of thioether (sulfide) groups is 1. The molecule has 0 saturated carbocycles. The van der Waals surface area contributed by atoms with E-state index in [1.165, 1.54) is 34.9 Å². The first-order chi connectivity index (χ1) is 11.9. The lowest BCUT2D eigenvalue weighted by molar-refractivity contribution is -0.384. The second kappa shape index (κ2) is 8.29. The summed E-state index contributed by atoms with van der Waals surface area (Å²) >= 11 is 1.27. The number of nitro benzene ring substituents is 1. The van der Waals surface area contributed by atoms with Crippen LogP contribution in [-0.2, 0) is 4.79 Å². The number of hydrogen-bond acceptors (Lipinski definition) is 5. The molecule has 2 aromatic rings. The molecule has 2 rings (SSSR count). The monoisotopic (exact) mass is 359 g/mol. The van der Waals surface area contributed by atoms with Crippen molar-refractivity contribution in [1.29, 1.82) is 0 Å². The molecule has 0 aliphatic heterocycles. The number of amides is 2. The van der Waals surface area contributed by atoms with Gasteiger partial charge >= 0.3 is 0 Å². The van der Waals surface area contributed by atoms with Crippen molar-refractivity contribution >= 4 is 35.0 Å². The molecule has 25 heavy (non-hydrogen) atoms. The van der Waals surface area contributed by atoms with E-state index in [2.05, 4.69) is 5.32 Å². The van der Waals surface area contributed by atoms with Gasteiger partial charge in [-0.05, 0) is 18.2 Å². The molecule has 0 radical (unpaired) electrons. The average molecular weight is 359 g/mol. The van der Waals surface area contributed by atoms with Gasteiger partial charge in [-0.25, -0.2) is 0 Å². The van der Waals surface area contributed by atoms with Crippen molar-refractivity contribution in [3.63, 3.8) is 0 Å². The Morgan fingerprint density at radius 3 is 2.56 bits per heavy atom. The zero-order chi connectivity index (χ0) is 18.4. The summed E-state index contributed by atoms with van der Waals surface area (Å²) in [6, 6.07) is 12.6. The maximum atomic E-state index is 12.5. The minimum absolute atomic E-state index is 0.0566. The number of rotatable bonds is 6. The quantitative estimate of drug-likeness (QED) is 0.486. The van der Waals surface area contributed by atoms with Crippen LogP contribution in [0.5, 0.6) is 0 Å². The fourth-order valence-corrected chi connectivity index (χ4v) is 2.97. The fraction of sp³-hybridized carbons (Fsp3) is 0.176. The van der Waals surface area contributed by atoms with Crippen molar-refractivity contribution in [2.24, 2.45) is 0 Å². The van der Waals surface area contributed by atoms with Gasteiger partial charge in [0.15, 0.2) is 0 Å². The molecular formula is C17H17N3O4S. The van der Waals surface area contributed by atoms with Crippen LogP contribution in [-0.4, -0.2) is 41.5 Å². The van der Waals surface area contributed by atoms with Gasteiger partial charge in [-0.3, -0.25) is 19.7 Å². The summed E-state index contributed by atoms with van der Waals surface area (Å²) in [5.41, 5.74) is 0.644. The Hall–Kier alpha value is -2.87. The summed E-state index contributed by atoms with van der Waals surface area (Å²) in [5, 5.41) is 13.5. The topological polar surface area (TPSA) is 92.6 Å². The highest BCUT2D eigenvalue weighted by Crippen LogP contribution is 2.24. The highest BCUT2D eigenvalue weighted by molar-refractivity contribution is 8.00. The Bertz CT molecular complexity index is 808. The van der Waals surface area contributed by atoms with Gasteiger partial charge in [0.25, 0.3) is 11.6 Å². The molecule has 0 spiro atoms. The average Bonchev–Trinajstić information content (AvgIpc) is 2.59. The van der Waals surface area contributed by atoms with Crippen LogP contribution >= 0.6 is 11.8 Å². The smallest absolute Gasteiger partial charge is 0.271 e. The zero-order valence-corrected chi connectivity index (χ0v) is 14.6. The molecule has 0 fully saturated rings. The van der Waals surface area contributed by atoms with Crippen LogP contribution in [0.4, 0.5) is 11.4 Å². The Labute approximate surface area is 149 Å². The van der Waals surface area contributed by atoms with E-state index in [0.29, 0.717) is 16.1 Å². The predicted molar refractivity (Wildman–Crippen MR) is 96.9 cm³/mol. The van der Waals surface area contributed by atoms with Crippen LogP contribution in [0.3, 0.4) is 0 Å². The summed E-state index contributed by atoms with van der Waals surface area (Å²) < 4.78 is 0. The molecule has 7 nitrogen and oxygen atoms in total. The fourth-order valence-electron chi connectivity index (χ4n) is 1.94. The normalized spacial score (nSPS) is 10.2. The number of non-ortho nitro benzene ring substituents is 1. The standard InChI is InChI=1S/C17H17N3O4S/c1-19(2)16(21)11-25-15-9-4-3-8-14(15)17(22)18-12-6-5-7-13(10-12)20(23)24/h3-10H,11H2,1-2H3,(H,18,22). The molecule has 0 saturated heterocycles. The molecule has 130 valence electrons. The van der Waals surface area contributed by atoms with E-state index in [1.807, 2.05) is 0 Å². The van der Waals surface area contributed by atoms with Crippen LogP contribution in [0, 0.1) is 10.1 Å². The molecule has 0 aliphatic rings. The molecule has 1 N–H and O–H groups in total. The number of carbonyl (C=O) groups excluding carboxylic acids is 2. The third kappa shape index (κ3) is 5.05. The van der Waals surface area contributed by atoms with Gasteiger partial charge in [-0.15, -0.1) is 11.8 Å². The van der Waals surface area contributed by atoms with Gasteiger partial charge in [0.1, 0.15) is 0 Å². The van der Waals surface area contributed by atoms with Gasteiger partial charge in [-0.2, -0.15) is 0 Å². The van der Waals surface area contributed by atoms with Crippen LogP contribution in [0.1, 0.15) is 10.4 Å². The predicted octanol–water partition coefficient (Wildman–Crippen LogP) is 3.03. The number of nitro groups is 1. The number of carbonyl (C=O) groups is 2. The molecule has 2 aromatic carbocycles. The van der Waals surface area contributed by atoms with Gasteiger partial charge in [0.2, 0.25) is 5.91 Å². The molecule has 0 heterocycles. The molecule has 2 amide bonds. The van der Waals surface area contributed by atoms with Crippen LogP contribution in [0.25, 0.3) is 0 Å². The minimum Gasteiger partial charge on any atom is -0.348 e. The van der Waals surface area contributed by atoms with E-state index in [-0.39, 0.29) is 23.3 Å². The second-order valence-electron chi connectivity index (χ2n) is 5.33. The molecular weight excluding hydrogens is 342 g/mol. The number of nitrogens with zero attached hydrogens (tertiary/aromatic N) is 2. The minimum atomic E-state index is -0.522. The Morgan fingerprint density at radius 1 is 1.16 bits per heavy atom. The molecule has 8 heteroatoms. The van der Waals surface area contributed by atoms with Crippen LogP contribution in [0.2, 0.25) is 0 Å². The number of hydrogen-bond donors (Lipinski definition) is 1. The van der Waals surface area contributed by atoms with E-state index in [4.69, 9.17) is 0 Å². The molecule has 0 aromatic heterocycles. The summed E-state index contributed by atoms with van der Waals surface area (Å²) in [7, 11) is 3.34. The summed E-state index contributed by atoms with van der Waals surface area (Å²) in [6.07, 6.45) is 0. The molecule has 0 bridgehead atoms. The lowest BCUT2D eigenvalue weighted by Crippen LogP contribution is -2.23. The molecule has 0 aliphatic carbocycles. The summed E-state index contributed by atoms with van der Waals surface area (Å²) in [6.45, 7) is 0. The lowest BCUT2D eigenvalue weighted by atomic mass is 10.2. The van der Waals surface area contributed by atoms with E-state index in [0.717, 1.165) is 0 Å². The van der Waals surface area contributed by atoms with Crippen molar-refractivity contribution in [3.05, 3.63) is 64.2 Å². The Morgan fingerprint density at radius 2 is 1.88 bits per heavy atom. The van der Waals surface area contributed by atoms with Crippen molar-refractivity contribution in [2.45, 2.75) is 4.90 Å². The third-order valence-electron chi connectivity index (χ3n) is 3.30. The maximum absolute atomic E-state index is 12.5.